The molecule has 12 heavy (non-hydrogen) atoms. The fourth-order valence-electron chi connectivity index (χ4n) is 0.786. The fraction of sp³-hybridized carbons (Fsp3) is 0.429. The van der Waals surface area contributed by atoms with E-state index in [1.807, 2.05) is 0 Å². The van der Waals surface area contributed by atoms with Crippen LogP contribution < -0.4 is 15.8 Å². The average Bonchev–Trinajstić information content (AvgIpc) is 2.15. The lowest BCUT2D eigenvalue weighted by Crippen LogP contribution is -2.14. The Hall–Kier alpha value is -1.36. The number of nitrogens with one attached hydrogen (secondary N) is 1. The number of nitrogens with zero attached hydrogens (tertiary/aromatic N) is 2. The third-order valence-corrected chi connectivity index (χ3v) is 1.29. The molecule has 0 saturated carbocycles. The van der Waals surface area contributed by atoms with Crippen molar-refractivity contribution < 1.29 is 4.74 Å². The molecule has 1 rings (SSSR count). The van der Waals surface area contributed by atoms with Crippen LogP contribution >= 0.6 is 0 Å². The summed E-state index contributed by atoms with van der Waals surface area (Å²) < 4.78 is 4.97. The third-order valence-electron chi connectivity index (χ3n) is 1.29. The molecule has 5 heteroatoms. The number of hydrogen-bond acceptors (Lipinski definition) is 5. The first-order chi connectivity index (χ1) is 5.88. The van der Waals surface area contributed by atoms with Crippen LogP contribution in [-0.2, 0) is 0 Å². The summed E-state index contributed by atoms with van der Waals surface area (Å²) in [6, 6.07) is 0. The second-order valence-electron chi connectivity index (χ2n) is 2.13. The zero-order valence-corrected chi connectivity index (χ0v) is 6.95. The van der Waals surface area contributed by atoms with Crippen molar-refractivity contribution >= 4 is 5.82 Å². The Balaban J connectivity index is 2.68. The van der Waals surface area contributed by atoms with Crippen molar-refractivity contribution in [2.24, 2.45) is 5.73 Å². The highest BCUT2D eigenvalue weighted by atomic mass is 16.5. The molecule has 0 aliphatic heterocycles. The molecule has 0 unspecified atom stereocenters. The molecule has 0 amide bonds. The van der Waals surface area contributed by atoms with Crippen molar-refractivity contribution in [3.63, 3.8) is 0 Å². The van der Waals surface area contributed by atoms with Crippen LogP contribution in [0.5, 0.6) is 5.88 Å². The Kier molecular flexibility index (Phi) is 3.28. The zero-order valence-electron chi connectivity index (χ0n) is 6.95. The number of ether oxygens (including phenoxy) is 1. The summed E-state index contributed by atoms with van der Waals surface area (Å²) in [5, 5.41) is 2.99. The van der Waals surface area contributed by atoms with Gasteiger partial charge >= 0.3 is 0 Å². The first kappa shape index (κ1) is 8.73. The largest absolute Gasteiger partial charge is 0.478 e. The molecule has 0 bridgehead atoms. The first-order valence-electron chi connectivity index (χ1n) is 3.67. The van der Waals surface area contributed by atoms with Crippen LogP contribution in [0.15, 0.2) is 12.4 Å². The predicted octanol–water partition coefficient (Wildman–Crippen LogP) is -0.144. The highest BCUT2D eigenvalue weighted by molar-refractivity contribution is 5.44. The van der Waals surface area contributed by atoms with E-state index in [0.717, 1.165) is 0 Å². The van der Waals surface area contributed by atoms with Gasteiger partial charge < -0.3 is 15.8 Å². The first-order valence-corrected chi connectivity index (χ1v) is 3.67. The van der Waals surface area contributed by atoms with Crippen molar-refractivity contribution in [2.75, 3.05) is 25.5 Å². The average molecular weight is 168 g/mol. The van der Waals surface area contributed by atoms with E-state index in [1.54, 1.807) is 19.5 Å². The van der Waals surface area contributed by atoms with Crippen LogP contribution in [0.25, 0.3) is 0 Å². The van der Waals surface area contributed by atoms with E-state index >= 15 is 0 Å². The fourth-order valence-corrected chi connectivity index (χ4v) is 0.786. The van der Waals surface area contributed by atoms with Crippen LogP contribution in [0.4, 0.5) is 5.82 Å². The van der Waals surface area contributed by atoms with Gasteiger partial charge in [0.25, 0.3) is 5.88 Å². The van der Waals surface area contributed by atoms with Crippen LogP contribution in [-0.4, -0.2) is 30.2 Å². The zero-order chi connectivity index (χ0) is 8.81. The summed E-state index contributed by atoms with van der Waals surface area (Å²) in [5.74, 6) is 1.12. The minimum Gasteiger partial charge on any atom is -0.478 e. The maximum absolute atomic E-state index is 5.32. The van der Waals surface area contributed by atoms with E-state index in [-0.39, 0.29) is 0 Å². The molecule has 0 aliphatic carbocycles. The van der Waals surface area contributed by atoms with Crippen LogP contribution in [0, 0.1) is 0 Å². The number of methoxy groups -OCH3 is 1. The minimum absolute atomic E-state index is 0.492. The summed E-state index contributed by atoms with van der Waals surface area (Å²) in [5.41, 5.74) is 5.32. The van der Waals surface area contributed by atoms with E-state index in [2.05, 4.69) is 15.3 Å². The molecule has 66 valence electrons. The summed E-state index contributed by atoms with van der Waals surface area (Å²) >= 11 is 0. The van der Waals surface area contributed by atoms with Gasteiger partial charge in [0.2, 0.25) is 0 Å². The Bertz CT molecular complexity index is 241. The van der Waals surface area contributed by atoms with Gasteiger partial charge in [-0.1, -0.05) is 0 Å². The summed E-state index contributed by atoms with van der Waals surface area (Å²) in [6.07, 6.45) is 3.17. The van der Waals surface area contributed by atoms with Crippen LogP contribution in [0.3, 0.4) is 0 Å². The van der Waals surface area contributed by atoms with Crippen molar-refractivity contribution in [1.82, 2.24) is 9.97 Å². The van der Waals surface area contributed by atoms with Gasteiger partial charge in [-0.3, -0.25) is 0 Å². The minimum atomic E-state index is 0.492. The Labute approximate surface area is 71.0 Å². The maximum atomic E-state index is 5.32. The molecule has 0 atom stereocenters. The second-order valence-corrected chi connectivity index (χ2v) is 2.13. The summed E-state index contributed by atoms with van der Waals surface area (Å²) in [4.78, 5) is 7.99. The molecule has 0 spiro atoms. The molecule has 1 aromatic rings. The quantitative estimate of drug-likeness (QED) is 0.654. The number of nitrogens with two attached hydrogens (primary N) is 1. The van der Waals surface area contributed by atoms with Crippen molar-refractivity contribution in [2.45, 2.75) is 0 Å². The molecule has 1 aromatic heterocycles. The molecule has 0 aromatic carbocycles. The van der Waals surface area contributed by atoms with E-state index in [4.69, 9.17) is 10.5 Å². The number of hydrogen-bond donors (Lipinski definition) is 2. The Morgan fingerprint density at radius 2 is 2.25 bits per heavy atom. The lowest BCUT2D eigenvalue weighted by molar-refractivity contribution is 0.398. The van der Waals surface area contributed by atoms with Crippen LogP contribution in [0.2, 0.25) is 0 Å². The van der Waals surface area contributed by atoms with E-state index in [0.29, 0.717) is 24.8 Å². The number of rotatable bonds is 4. The van der Waals surface area contributed by atoms with Crippen molar-refractivity contribution in [3.05, 3.63) is 12.4 Å². The molecular formula is C7H12N4O. The van der Waals surface area contributed by atoms with Gasteiger partial charge in [-0.25, -0.2) is 9.97 Å². The van der Waals surface area contributed by atoms with Crippen molar-refractivity contribution in [3.8, 4) is 5.88 Å². The Morgan fingerprint density at radius 3 is 2.92 bits per heavy atom. The number of aromatic nitrogens is 2. The second kappa shape index (κ2) is 4.50. The highest BCUT2D eigenvalue weighted by Crippen LogP contribution is 2.15. The van der Waals surface area contributed by atoms with Gasteiger partial charge in [0.1, 0.15) is 0 Å². The van der Waals surface area contributed by atoms with Crippen LogP contribution in [0.1, 0.15) is 0 Å². The predicted molar refractivity (Wildman–Crippen MR) is 46.1 cm³/mol. The van der Waals surface area contributed by atoms with Crippen molar-refractivity contribution in [1.29, 1.82) is 0 Å². The molecule has 0 aliphatic rings. The lowest BCUT2D eigenvalue weighted by atomic mass is 10.5. The third kappa shape index (κ3) is 2.06. The maximum Gasteiger partial charge on any atom is 0.257 e. The van der Waals surface area contributed by atoms with E-state index in [1.165, 1.54) is 0 Å². The Morgan fingerprint density at radius 1 is 1.50 bits per heavy atom. The van der Waals surface area contributed by atoms with Gasteiger partial charge in [-0.2, -0.15) is 0 Å². The smallest absolute Gasteiger partial charge is 0.257 e. The van der Waals surface area contributed by atoms with E-state index < -0.39 is 0 Å². The monoisotopic (exact) mass is 168 g/mol. The molecule has 5 nitrogen and oxygen atoms in total. The molecule has 0 fully saturated rings. The molecule has 3 N–H and O–H groups in total. The summed E-state index contributed by atoms with van der Waals surface area (Å²) in [7, 11) is 1.55. The van der Waals surface area contributed by atoms with Gasteiger partial charge in [-0.15, -0.1) is 0 Å². The normalized spacial score (nSPS) is 9.50. The topological polar surface area (TPSA) is 73.1 Å². The molecule has 1 heterocycles. The molecule has 0 saturated heterocycles. The lowest BCUT2D eigenvalue weighted by Gasteiger charge is -2.06. The molecule has 0 radical (unpaired) electrons. The standard InChI is InChI=1S/C7H12N4O/c1-12-7-6(9-3-2-8)10-4-5-11-7/h4-5H,2-3,8H2,1H3,(H,9,10). The van der Waals surface area contributed by atoms with Gasteiger partial charge in [-0.05, 0) is 0 Å². The summed E-state index contributed by atoms with van der Waals surface area (Å²) in [6.45, 7) is 1.22. The molecular weight excluding hydrogens is 156 g/mol. The van der Waals surface area contributed by atoms with Gasteiger partial charge in [0.05, 0.1) is 7.11 Å². The van der Waals surface area contributed by atoms with Gasteiger partial charge in [0.15, 0.2) is 5.82 Å². The number of anilines is 1. The highest BCUT2D eigenvalue weighted by Gasteiger charge is 2.01. The SMILES string of the molecule is COc1nccnc1NCCN. The van der Waals surface area contributed by atoms with E-state index in [9.17, 15) is 0 Å². The van der Waals surface area contributed by atoms with Gasteiger partial charge in [0, 0.05) is 25.5 Å².